The van der Waals surface area contributed by atoms with Gasteiger partial charge in [-0.3, -0.25) is 9.69 Å². The van der Waals surface area contributed by atoms with Crippen LogP contribution in [0, 0.1) is 11.8 Å². The highest BCUT2D eigenvalue weighted by atomic mass is 16.5. The summed E-state index contributed by atoms with van der Waals surface area (Å²) in [6.45, 7) is 2.94. The highest BCUT2D eigenvalue weighted by Gasteiger charge is 2.78. The van der Waals surface area contributed by atoms with Crippen LogP contribution in [0.5, 0.6) is 5.75 Å². The fourth-order valence-corrected chi connectivity index (χ4v) is 9.08. The average molecular weight is 457 g/mol. The zero-order chi connectivity index (χ0) is 22.7. The lowest BCUT2D eigenvalue weighted by Gasteiger charge is -2.64. The Morgan fingerprint density at radius 2 is 1.91 bits per heavy atom. The molecule has 0 unspecified atom stereocenters. The molecule has 5 fully saturated rings. The van der Waals surface area contributed by atoms with E-state index >= 15 is 0 Å². The van der Waals surface area contributed by atoms with Crippen LogP contribution in [0.1, 0.15) is 53.6 Å². The summed E-state index contributed by atoms with van der Waals surface area (Å²) < 4.78 is 7.24. The van der Waals surface area contributed by atoms with Gasteiger partial charge in [0.1, 0.15) is 5.75 Å². The third kappa shape index (κ3) is 2.31. The van der Waals surface area contributed by atoms with E-state index in [-0.39, 0.29) is 35.0 Å². The molecule has 0 aromatic heterocycles. The molecule has 2 aromatic carbocycles. The first-order valence-electron chi connectivity index (χ1n) is 13.2. The summed E-state index contributed by atoms with van der Waals surface area (Å²) in [5, 5.41) is 11.3. The molecule has 5 heteroatoms. The number of piperidine rings is 1. The Morgan fingerprint density at radius 1 is 1.06 bits per heavy atom. The summed E-state index contributed by atoms with van der Waals surface area (Å²) in [5.74, 6) is 1.68. The Labute approximate surface area is 200 Å². The Bertz CT molecular complexity index is 1180. The van der Waals surface area contributed by atoms with Crippen molar-refractivity contribution in [2.75, 3.05) is 19.6 Å². The van der Waals surface area contributed by atoms with E-state index in [9.17, 15) is 9.90 Å². The molecule has 6 aliphatic rings. The number of carbonyl (C=O) groups excluding carboxylic acids is 1. The summed E-state index contributed by atoms with van der Waals surface area (Å²) >= 11 is 0. The second-order valence-electron chi connectivity index (χ2n) is 11.7. The van der Waals surface area contributed by atoms with Gasteiger partial charge < -0.3 is 14.7 Å². The number of phenolic OH excluding ortho intramolecular Hbond substituents is 1. The third-order valence-corrected chi connectivity index (χ3v) is 10.3. The summed E-state index contributed by atoms with van der Waals surface area (Å²) in [7, 11) is 0. The molecule has 2 aromatic rings. The van der Waals surface area contributed by atoms with E-state index < -0.39 is 0 Å². The van der Waals surface area contributed by atoms with Crippen molar-refractivity contribution < 1.29 is 14.6 Å². The minimum atomic E-state index is -0.236. The topological polar surface area (TPSA) is 53.0 Å². The standard InChI is InChI=1S/C29H32N2O3/c32-22-8-4-7-20-15-24-29-12-11-21-26(28(29,25(20)22)13-14-30(24)16-18-9-10-18)23(34-29)17-31(21)27(33)19-5-2-1-3-6-19/h1-8,18,21,23-24,26,32H,9-17H2/t21-,23-,24-,26+,28+,29-/m1/s1. The van der Waals surface area contributed by atoms with Gasteiger partial charge in [-0.1, -0.05) is 30.3 Å². The number of aromatic hydroxyl groups is 1. The lowest BCUT2D eigenvalue weighted by Crippen LogP contribution is -2.74. The van der Waals surface area contributed by atoms with Gasteiger partial charge in [0.05, 0.1) is 11.7 Å². The summed E-state index contributed by atoms with van der Waals surface area (Å²) in [6.07, 6.45) is 6.74. The molecule has 1 N–H and O–H groups in total. The predicted molar refractivity (Wildman–Crippen MR) is 128 cm³/mol. The zero-order valence-electron chi connectivity index (χ0n) is 19.5. The van der Waals surface area contributed by atoms with Crippen molar-refractivity contribution >= 4 is 5.91 Å². The third-order valence-electron chi connectivity index (χ3n) is 10.3. The van der Waals surface area contributed by atoms with Gasteiger partial charge >= 0.3 is 0 Å². The van der Waals surface area contributed by atoms with Crippen LogP contribution >= 0.6 is 0 Å². The monoisotopic (exact) mass is 456 g/mol. The molecule has 2 saturated carbocycles. The second kappa shape index (κ2) is 6.64. The molecule has 3 heterocycles. The Hall–Kier alpha value is -2.37. The fraction of sp³-hybridized carbons (Fsp3) is 0.552. The maximum Gasteiger partial charge on any atom is 0.254 e. The smallest absolute Gasteiger partial charge is 0.254 e. The van der Waals surface area contributed by atoms with E-state index in [1.165, 1.54) is 24.9 Å². The van der Waals surface area contributed by atoms with E-state index in [1.54, 1.807) is 0 Å². The lowest BCUT2D eigenvalue weighted by atomic mass is 9.46. The van der Waals surface area contributed by atoms with E-state index in [1.807, 2.05) is 42.5 Å². The molecule has 0 radical (unpaired) electrons. The molecule has 6 atom stereocenters. The molecule has 8 rings (SSSR count). The van der Waals surface area contributed by atoms with Crippen molar-refractivity contribution in [3.05, 3.63) is 65.2 Å². The number of rotatable bonds is 3. The van der Waals surface area contributed by atoms with Gasteiger partial charge in [0.25, 0.3) is 5.91 Å². The summed E-state index contributed by atoms with van der Waals surface area (Å²) in [5.41, 5.74) is 2.79. The van der Waals surface area contributed by atoms with Gasteiger partial charge in [-0.05, 0) is 74.8 Å². The lowest BCUT2D eigenvalue weighted by molar-refractivity contribution is -0.171. The van der Waals surface area contributed by atoms with Crippen LogP contribution in [0.15, 0.2) is 48.5 Å². The highest BCUT2D eigenvalue weighted by molar-refractivity contribution is 5.94. The SMILES string of the molecule is O=C(c1ccccc1)N1C[C@H]2O[C@@]34CC[C@@H]1[C@@H]2[C@@]31CCN(CC2CC2)[C@@H]4Cc2cccc(O)c21. The van der Waals surface area contributed by atoms with Crippen LogP contribution in [-0.2, 0) is 16.6 Å². The van der Waals surface area contributed by atoms with Crippen LogP contribution in [0.25, 0.3) is 0 Å². The highest BCUT2D eigenvalue weighted by Crippen LogP contribution is 2.70. The van der Waals surface area contributed by atoms with E-state index in [0.29, 0.717) is 18.3 Å². The number of likely N-dealkylation sites (tertiary alicyclic amines) is 2. The molecule has 1 amide bonds. The number of fused-ring (bicyclic) bond motifs is 1. The number of carbonyl (C=O) groups is 1. The number of nitrogens with zero attached hydrogens (tertiary/aromatic N) is 2. The van der Waals surface area contributed by atoms with Gasteiger partial charge in [-0.2, -0.15) is 0 Å². The van der Waals surface area contributed by atoms with Crippen molar-refractivity contribution in [3.63, 3.8) is 0 Å². The van der Waals surface area contributed by atoms with Gasteiger partial charge in [0.2, 0.25) is 0 Å². The Kier molecular flexibility index (Phi) is 3.88. The van der Waals surface area contributed by atoms with Gasteiger partial charge in [0, 0.05) is 47.6 Å². The van der Waals surface area contributed by atoms with Gasteiger partial charge in [0.15, 0.2) is 0 Å². The molecule has 3 aliphatic carbocycles. The Morgan fingerprint density at radius 3 is 2.74 bits per heavy atom. The minimum Gasteiger partial charge on any atom is -0.508 e. The van der Waals surface area contributed by atoms with Crippen LogP contribution < -0.4 is 0 Å². The first kappa shape index (κ1) is 19.9. The quantitative estimate of drug-likeness (QED) is 0.765. The maximum atomic E-state index is 13.6. The number of hydrogen-bond donors (Lipinski definition) is 1. The largest absolute Gasteiger partial charge is 0.508 e. The van der Waals surface area contributed by atoms with Crippen LogP contribution in [0.3, 0.4) is 0 Å². The van der Waals surface area contributed by atoms with Crippen LogP contribution in [0.2, 0.25) is 0 Å². The first-order valence-corrected chi connectivity index (χ1v) is 13.2. The number of amides is 1. The molecule has 5 nitrogen and oxygen atoms in total. The maximum absolute atomic E-state index is 13.6. The van der Waals surface area contributed by atoms with E-state index in [0.717, 1.165) is 49.3 Å². The van der Waals surface area contributed by atoms with Crippen molar-refractivity contribution in [2.45, 2.75) is 67.7 Å². The average Bonchev–Trinajstić information content (AvgIpc) is 3.54. The van der Waals surface area contributed by atoms with Gasteiger partial charge in [-0.25, -0.2) is 0 Å². The molecule has 34 heavy (non-hydrogen) atoms. The first-order chi connectivity index (χ1) is 16.6. The summed E-state index contributed by atoms with van der Waals surface area (Å²) in [4.78, 5) is 18.5. The van der Waals surface area contributed by atoms with E-state index in [2.05, 4.69) is 15.9 Å². The molecule has 3 saturated heterocycles. The Balaban J connectivity index is 1.26. The van der Waals surface area contributed by atoms with Crippen molar-refractivity contribution in [1.82, 2.24) is 9.80 Å². The van der Waals surface area contributed by atoms with E-state index in [4.69, 9.17) is 4.74 Å². The second-order valence-corrected chi connectivity index (χ2v) is 11.7. The van der Waals surface area contributed by atoms with Crippen molar-refractivity contribution in [2.24, 2.45) is 11.8 Å². The molecule has 0 spiro atoms. The number of ether oxygens (including phenoxy) is 1. The minimum absolute atomic E-state index is 0.0501. The van der Waals surface area contributed by atoms with Crippen LogP contribution in [-0.4, -0.2) is 64.2 Å². The molecular weight excluding hydrogens is 424 g/mol. The van der Waals surface area contributed by atoms with Crippen LogP contribution in [0.4, 0.5) is 0 Å². The number of phenols is 1. The zero-order valence-corrected chi connectivity index (χ0v) is 19.5. The molecule has 4 bridgehead atoms. The number of hydrogen-bond acceptors (Lipinski definition) is 4. The fourth-order valence-electron chi connectivity index (χ4n) is 9.08. The molecular formula is C29H32N2O3. The molecule has 3 aliphatic heterocycles. The number of benzene rings is 2. The predicted octanol–water partition coefficient (Wildman–Crippen LogP) is 3.74. The summed E-state index contributed by atoms with van der Waals surface area (Å²) in [6, 6.07) is 16.4. The van der Waals surface area contributed by atoms with Crippen molar-refractivity contribution in [3.8, 4) is 5.75 Å². The normalized spacial score (nSPS) is 39.6. The molecule has 176 valence electrons. The van der Waals surface area contributed by atoms with Gasteiger partial charge in [-0.15, -0.1) is 0 Å². The van der Waals surface area contributed by atoms with Crippen molar-refractivity contribution in [1.29, 1.82) is 0 Å².